The zero-order valence-electron chi connectivity index (χ0n) is 17.4. The first-order valence-corrected chi connectivity index (χ1v) is 9.88. The van der Waals surface area contributed by atoms with Crippen LogP contribution in [0.15, 0.2) is 28.8 Å². The lowest BCUT2D eigenvalue weighted by molar-refractivity contribution is 0.0500. The number of alkyl carbamates (subject to hydrolysis) is 1. The second-order valence-electron chi connectivity index (χ2n) is 8.13. The molecular formula is C21H29N3O5. The van der Waals surface area contributed by atoms with Crippen LogP contribution in [0.25, 0.3) is 0 Å². The number of nitrogens with zero attached hydrogens (tertiary/aromatic N) is 2. The van der Waals surface area contributed by atoms with Crippen LogP contribution in [0.1, 0.15) is 62.9 Å². The van der Waals surface area contributed by atoms with Crippen molar-refractivity contribution in [1.29, 1.82) is 0 Å². The van der Waals surface area contributed by atoms with Gasteiger partial charge in [0.1, 0.15) is 11.4 Å². The number of aromatic nitrogens is 2. The molecule has 3 rings (SSSR count). The fraction of sp³-hybridized carbons (Fsp3) is 0.571. The minimum Gasteiger partial charge on any atom is -0.497 e. The van der Waals surface area contributed by atoms with Crippen molar-refractivity contribution >= 4 is 6.09 Å². The number of carbonyl (C=O) groups is 1. The van der Waals surface area contributed by atoms with E-state index in [0.717, 1.165) is 24.2 Å². The highest BCUT2D eigenvalue weighted by Gasteiger charge is 2.27. The molecule has 1 N–H and O–H groups in total. The Morgan fingerprint density at radius 1 is 1.24 bits per heavy atom. The van der Waals surface area contributed by atoms with Gasteiger partial charge < -0.3 is 24.1 Å². The summed E-state index contributed by atoms with van der Waals surface area (Å²) in [5.41, 5.74) is 0.406. The van der Waals surface area contributed by atoms with E-state index in [9.17, 15) is 4.79 Å². The lowest BCUT2D eigenvalue weighted by atomic mass is 10.0. The molecule has 1 aromatic carbocycles. The van der Waals surface area contributed by atoms with E-state index in [1.807, 2.05) is 45.0 Å². The highest BCUT2D eigenvalue weighted by atomic mass is 16.6. The number of amides is 1. The maximum atomic E-state index is 12.4. The van der Waals surface area contributed by atoms with Crippen LogP contribution in [0, 0.1) is 0 Å². The average molecular weight is 403 g/mol. The van der Waals surface area contributed by atoms with Gasteiger partial charge in [0.2, 0.25) is 5.89 Å². The summed E-state index contributed by atoms with van der Waals surface area (Å²) < 4.78 is 21.5. The Morgan fingerprint density at radius 2 is 1.93 bits per heavy atom. The standard InChI is InChI=1S/C21H29N3O5/c1-21(2,3)28-20(25)22-17(13-14-5-7-16(26-4)8-6-14)18-23-19(29-24-18)15-9-11-27-12-10-15/h5-8,15,17H,9-13H2,1-4H3,(H,22,25). The highest BCUT2D eigenvalue weighted by Crippen LogP contribution is 2.27. The van der Waals surface area contributed by atoms with E-state index in [-0.39, 0.29) is 5.92 Å². The van der Waals surface area contributed by atoms with Gasteiger partial charge in [-0.25, -0.2) is 4.79 Å². The van der Waals surface area contributed by atoms with Crippen molar-refractivity contribution in [2.75, 3.05) is 20.3 Å². The van der Waals surface area contributed by atoms with Crippen LogP contribution >= 0.6 is 0 Å². The minimum absolute atomic E-state index is 0.188. The van der Waals surface area contributed by atoms with E-state index >= 15 is 0 Å². The van der Waals surface area contributed by atoms with Gasteiger partial charge in [0.05, 0.1) is 13.2 Å². The normalized spacial score (nSPS) is 16.3. The molecule has 1 unspecified atom stereocenters. The van der Waals surface area contributed by atoms with Gasteiger partial charge in [-0.1, -0.05) is 17.3 Å². The molecule has 1 aliphatic rings. The third-order valence-electron chi connectivity index (χ3n) is 4.63. The minimum atomic E-state index is -0.598. The number of hydrogen-bond donors (Lipinski definition) is 1. The van der Waals surface area contributed by atoms with E-state index in [0.29, 0.717) is 31.3 Å². The lowest BCUT2D eigenvalue weighted by Gasteiger charge is -2.22. The monoisotopic (exact) mass is 403 g/mol. The number of methoxy groups -OCH3 is 1. The highest BCUT2D eigenvalue weighted by molar-refractivity contribution is 5.68. The molecule has 1 atom stereocenters. The number of ether oxygens (including phenoxy) is 3. The molecule has 2 heterocycles. The van der Waals surface area contributed by atoms with Gasteiger partial charge in [0.15, 0.2) is 5.82 Å². The molecule has 1 fully saturated rings. The summed E-state index contributed by atoms with van der Waals surface area (Å²) in [6, 6.07) is 7.17. The van der Waals surface area contributed by atoms with Crippen molar-refractivity contribution in [1.82, 2.24) is 15.5 Å². The van der Waals surface area contributed by atoms with Crippen LogP contribution < -0.4 is 10.1 Å². The Morgan fingerprint density at radius 3 is 2.55 bits per heavy atom. The van der Waals surface area contributed by atoms with Gasteiger partial charge in [-0.15, -0.1) is 0 Å². The quantitative estimate of drug-likeness (QED) is 0.784. The molecule has 1 saturated heterocycles. The van der Waals surface area contributed by atoms with Gasteiger partial charge in [0.25, 0.3) is 0 Å². The van der Waals surface area contributed by atoms with Crippen molar-refractivity contribution in [3.05, 3.63) is 41.5 Å². The summed E-state index contributed by atoms with van der Waals surface area (Å²) in [5.74, 6) is 1.99. The zero-order chi connectivity index (χ0) is 20.9. The average Bonchev–Trinajstić information content (AvgIpc) is 3.17. The van der Waals surface area contributed by atoms with Crippen molar-refractivity contribution in [3.8, 4) is 5.75 Å². The van der Waals surface area contributed by atoms with Gasteiger partial charge in [-0.05, 0) is 51.3 Å². The number of benzene rings is 1. The van der Waals surface area contributed by atoms with Crippen molar-refractivity contribution < 1.29 is 23.5 Å². The van der Waals surface area contributed by atoms with Crippen LogP contribution in [0.3, 0.4) is 0 Å². The zero-order valence-corrected chi connectivity index (χ0v) is 17.4. The number of carbonyl (C=O) groups excluding carboxylic acids is 1. The first kappa shape index (κ1) is 21.1. The topological polar surface area (TPSA) is 95.7 Å². The van der Waals surface area contributed by atoms with Crippen LogP contribution in [0.5, 0.6) is 5.75 Å². The molecule has 0 bridgehead atoms. The van der Waals surface area contributed by atoms with Gasteiger partial charge in [-0.2, -0.15) is 4.98 Å². The number of nitrogens with one attached hydrogen (secondary N) is 1. The predicted octanol–water partition coefficient (Wildman–Crippen LogP) is 3.78. The molecule has 0 spiro atoms. The van der Waals surface area contributed by atoms with Gasteiger partial charge in [-0.3, -0.25) is 0 Å². The Bertz CT molecular complexity index is 791. The number of hydrogen-bond acceptors (Lipinski definition) is 7. The summed E-state index contributed by atoms with van der Waals surface area (Å²) in [6.45, 7) is 6.84. The first-order valence-electron chi connectivity index (χ1n) is 9.88. The summed E-state index contributed by atoms with van der Waals surface area (Å²) in [6.07, 6.45) is 1.68. The third kappa shape index (κ3) is 6.19. The Hall–Kier alpha value is -2.61. The van der Waals surface area contributed by atoms with Crippen molar-refractivity contribution in [2.24, 2.45) is 0 Å². The van der Waals surface area contributed by atoms with Crippen molar-refractivity contribution in [3.63, 3.8) is 0 Å². The Balaban J connectivity index is 1.77. The molecule has 1 aromatic heterocycles. The molecule has 29 heavy (non-hydrogen) atoms. The molecule has 0 radical (unpaired) electrons. The van der Waals surface area contributed by atoms with E-state index in [4.69, 9.17) is 18.7 Å². The maximum Gasteiger partial charge on any atom is 0.408 e. The molecule has 8 nitrogen and oxygen atoms in total. The largest absolute Gasteiger partial charge is 0.497 e. The molecule has 0 aliphatic carbocycles. The van der Waals surface area contributed by atoms with E-state index in [1.165, 1.54) is 0 Å². The maximum absolute atomic E-state index is 12.4. The molecular weight excluding hydrogens is 374 g/mol. The second-order valence-corrected chi connectivity index (χ2v) is 8.13. The summed E-state index contributed by atoms with van der Waals surface area (Å²) in [4.78, 5) is 17.0. The molecule has 2 aromatic rings. The Kier molecular flexibility index (Phi) is 6.74. The van der Waals surface area contributed by atoms with Crippen LogP contribution in [-0.2, 0) is 15.9 Å². The summed E-state index contributed by atoms with van der Waals surface area (Å²) in [7, 11) is 1.62. The molecule has 0 saturated carbocycles. The van der Waals surface area contributed by atoms with Crippen LogP contribution in [0.2, 0.25) is 0 Å². The predicted molar refractivity (Wildman–Crippen MR) is 106 cm³/mol. The van der Waals surface area contributed by atoms with E-state index in [2.05, 4.69) is 15.5 Å². The van der Waals surface area contributed by atoms with Gasteiger partial charge >= 0.3 is 6.09 Å². The second kappa shape index (κ2) is 9.26. The fourth-order valence-corrected chi connectivity index (χ4v) is 3.15. The van der Waals surface area contributed by atoms with Crippen molar-refractivity contribution in [2.45, 2.75) is 57.6 Å². The first-order chi connectivity index (χ1) is 13.8. The van der Waals surface area contributed by atoms with Crippen LogP contribution in [-0.4, -0.2) is 42.2 Å². The molecule has 1 aliphatic heterocycles. The van der Waals surface area contributed by atoms with Crippen LogP contribution in [0.4, 0.5) is 4.79 Å². The Labute approximate surface area is 170 Å². The molecule has 8 heteroatoms. The van der Waals surface area contributed by atoms with E-state index in [1.54, 1.807) is 7.11 Å². The fourth-order valence-electron chi connectivity index (χ4n) is 3.15. The molecule has 158 valence electrons. The lowest BCUT2D eigenvalue weighted by Crippen LogP contribution is -2.36. The SMILES string of the molecule is COc1ccc(CC(NC(=O)OC(C)(C)C)c2noc(C3CCOCC3)n2)cc1. The smallest absolute Gasteiger partial charge is 0.408 e. The number of rotatable bonds is 6. The summed E-state index contributed by atoms with van der Waals surface area (Å²) in [5, 5.41) is 7.03. The summed E-state index contributed by atoms with van der Waals surface area (Å²) >= 11 is 0. The third-order valence-corrected chi connectivity index (χ3v) is 4.63. The van der Waals surface area contributed by atoms with E-state index < -0.39 is 17.7 Å². The molecule has 1 amide bonds. The van der Waals surface area contributed by atoms with Gasteiger partial charge in [0, 0.05) is 25.6 Å².